The lowest BCUT2D eigenvalue weighted by Crippen LogP contribution is -2.09. The van der Waals surface area contributed by atoms with Gasteiger partial charge in [0.1, 0.15) is 0 Å². The van der Waals surface area contributed by atoms with Gasteiger partial charge in [0.2, 0.25) is 0 Å². The molecular formula is C32H22F12. The van der Waals surface area contributed by atoms with E-state index in [-0.39, 0.29) is 0 Å². The maximum absolute atomic E-state index is 15.3. The molecule has 0 saturated carbocycles. The lowest BCUT2D eigenvalue weighted by atomic mass is 9.89. The Balaban J connectivity index is 2.22. The minimum absolute atomic E-state index is 0.440. The van der Waals surface area contributed by atoms with Gasteiger partial charge in [-0.1, -0.05) is 34.6 Å². The average molecular weight is 635 g/mol. The zero-order valence-corrected chi connectivity index (χ0v) is 23.6. The molecule has 0 aliphatic heterocycles. The highest BCUT2D eigenvalue weighted by atomic mass is 19.2. The SMILES string of the molecule is CCc1c(F)c(F)c(-c2cc(-c3c(F)c(F)c(C(C)C)c(F)c3F)cc(-c3c(F)c(F)c(C(C)C)c(F)c3F)c2)c(F)c1F. The molecule has 0 saturated heterocycles. The van der Waals surface area contributed by atoms with Crippen LogP contribution in [0, 0.1) is 69.8 Å². The third kappa shape index (κ3) is 5.01. The summed E-state index contributed by atoms with van der Waals surface area (Å²) in [6.07, 6.45) is -0.522. The van der Waals surface area contributed by atoms with E-state index >= 15 is 26.3 Å². The van der Waals surface area contributed by atoms with E-state index in [1.165, 1.54) is 34.6 Å². The van der Waals surface area contributed by atoms with E-state index in [9.17, 15) is 26.3 Å². The highest BCUT2D eigenvalue weighted by molar-refractivity contribution is 5.83. The summed E-state index contributed by atoms with van der Waals surface area (Å²) in [6.45, 7) is 6.01. The molecule has 0 spiro atoms. The van der Waals surface area contributed by atoms with Crippen LogP contribution in [0.15, 0.2) is 18.2 Å². The van der Waals surface area contributed by atoms with Crippen LogP contribution in [0.25, 0.3) is 33.4 Å². The zero-order valence-electron chi connectivity index (χ0n) is 23.6. The first kappa shape index (κ1) is 32.9. The lowest BCUT2D eigenvalue weighted by Gasteiger charge is -2.19. The van der Waals surface area contributed by atoms with Crippen LogP contribution in [0.4, 0.5) is 52.7 Å². The quantitative estimate of drug-likeness (QED) is 0.146. The molecular weight excluding hydrogens is 612 g/mol. The highest BCUT2D eigenvalue weighted by Crippen LogP contribution is 2.43. The molecule has 0 amide bonds. The van der Waals surface area contributed by atoms with Crippen LogP contribution < -0.4 is 0 Å². The van der Waals surface area contributed by atoms with E-state index in [0.29, 0.717) is 18.2 Å². The number of rotatable bonds is 6. The third-order valence-corrected chi connectivity index (χ3v) is 7.26. The fraction of sp³-hybridized carbons (Fsp3) is 0.250. The van der Waals surface area contributed by atoms with Gasteiger partial charge in [0, 0.05) is 16.7 Å². The maximum atomic E-state index is 15.3. The average Bonchev–Trinajstić information content (AvgIpc) is 2.94. The van der Waals surface area contributed by atoms with Crippen LogP contribution in [-0.2, 0) is 6.42 Å². The highest BCUT2D eigenvalue weighted by Gasteiger charge is 2.32. The van der Waals surface area contributed by atoms with Gasteiger partial charge in [0.15, 0.2) is 69.8 Å². The molecule has 0 atom stereocenters. The van der Waals surface area contributed by atoms with E-state index in [2.05, 4.69) is 0 Å². The minimum Gasteiger partial charge on any atom is -0.203 e. The summed E-state index contributed by atoms with van der Waals surface area (Å²) < 4.78 is 181. The van der Waals surface area contributed by atoms with E-state index < -0.39 is 138 Å². The van der Waals surface area contributed by atoms with Crippen molar-refractivity contribution in [3.05, 3.63) is 105 Å². The van der Waals surface area contributed by atoms with Gasteiger partial charge in [0.25, 0.3) is 0 Å². The molecule has 4 rings (SSSR count). The van der Waals surface area contributed by atoms with Crippen molar-refractivity contribution < 1.29 is 52.7 Å². The summed E-state index contributed by atoms with van der Waals surface area (Å²) >= 11 is 0. The van der Waals surface area contributed by atoms with Crippen LogP contribution in [0.3, 0.4) is 0 Å². The molecule has 234 valence electrons. The van der Waals surface area contributed by atoms with Crippen LogP contribution in [0.1, 0.15) is 63.1 Å². The first-order valence-electron chi connectivity index (χ1n) is 13.2. The van der Waals surface area contributed by atoms with Gasteiger partial charge in [-0.25, -0.2) is 52.7 Å². The molecule has 0 unspecified atom stereocenters. The van der Waals surface area contributed by atoms with E-state index in [4.69, 9.17) is 0 Å². The molecule has 0 radical (unpaired) electrons. The predicted molar refractivity (Wildman–Crippen MR) is 140 cm³/mol. The van der Waals surface area contributed by atoms with Crippen LogP contribution in [-0.4, -0.2) is 0 Å². The minimum atomic E-state index is -2.04. The Morgan fingerprint density at radius 1 is 0.386 bits per heavy atom. The van der Waals surface area contributed by atoms with Crippen molar-refractivity contribution in [2.24, 2.45) is 0 Å². The lowest BCUT2D eigenvalue weighted by molar-refractivity contribution is 0.436. The summed E-state index contributed by atoms with van der Waals surface area (Å²) in [4.78, 5) is 0. The Morgan fingerprint density at radius 3 is 0.818 bits per heavy atom. The van der Waals surface area contributed by atoms with Crippen molar-refractivity contribution >= 4 is 0 Å². The third-order valence-electron chi connectivity index (χ3n) is 7.26. The number of hydrogen-bond donors (Lipinski definition) is 0. The molecule has 0 aromatic heterocycles. The van der Waals surface area contributed by atoms with Crippen LogP contribution in [0.5, 0.6) is 0 Å². The molecule has 4 aromatic carbocycles. The van der Waals surface area contributed by atoms with Crippen molar-refractivity contribution in [3.63, 3.8) is 0 Å². The summed E-state index contributed by atoms with van der Waals surface area (Å²) in [5.41, 5.74) is -10.8. The molecule has 0 nitrogen and oxygen atoms in total. The van der Waals surface area contributed by atoms with Crippen molar-refractivity contribution in [3.8, 4) is 33.4 Å². The van der Waals surface area contributed by atoms with Gasteiger partial charge in [-0.05, 0) is 53.1 Å². The van der Waals surface area contributed by atoms with Crippen molar-refractivity contribution in [2.45, 2.75) is 52.9 Å². The van der Waals surface area contributed by atoms with Crippen LogP contribution >= 0.6 is 0 Å². The second kappa shape index (κ2) is 11.9. The smallest absolute Gasteiger partial charge is 0.170 e. The Morgan fingerprint density at radius 2 is 0.614 bits per heavy atom. The van der Waals surface area contributed by atoms with Gasteiger partial charge in [0.05, 0.1) is 16.7 Å². The van der Waals surface area contributed by atoms with Gasteiger partial charge in [-0.3, -0.25) is 0 Å². The number of halogens is 12. The maximum Gasteiger partial charge on any atom is 0.170 e. The zero-order chi connectivity index (χ0) is 33.1. The van der Waals surface area contributed by atoms with Gasteiger partial charge in [-0.2, -0.15) is 0 Å². The predicted octanol–water partition coefficient (Wildman–Crippen LogP) is 11.2. The van der Waals surface area contributed by atoms with Crippen molar-refractivity contribution in [2.75, 3.05) is 0 Å². The fourth-order valence-corrected chi connectivity index (χ4v) is 5.12. The van der Waals surface area contributed by atoms with Gasteiger partial charge < -0.3 is 0 Å². The molecule has 0 bridgehead atoms. The summed E-state index contributed by atoms with van der Waals surface area (Å²) in [7, 11) is 0. The summed E-state index contributed by atoms with van der Waals surface area (Å²) in [6, 6.07) is 1.32. The Bertz CT molecular complexity index is 1640. The van der Waals surface area contributed by atoms with Crippen molar-refractivity contribution in [1.29, 1.82) is 0 Å². The van der Waals surface area contributed by atoms with E-state index in [1.54, 1.807) is 0 Å². The molecule has 0 aliphatic carbocycles. The molecule has 0 aliphatic rings. The normalized spacial score (nSPS) is 11.8. The van der Waals surface area contributed by atoms with Gasteiger partial charge in [-0.15, -0.1) is 0 Å². The second-order valence-corrected chi connectivity index (χ2v) is 10.7. The monoisotopic (exact) mass is 634 g/mol. The summed E-state index contributed by atoms with van der Waals surface area (Å²) in [5.74, 6) is -25.7. The molecule has 44 heavy (non-hydrogen) atoms. The van der Waals surface area contributed by atoms with E-state index in [1.807, 2.05) is 0 Å². The Hall–Kier alpha value is -3.96. The molecule has 0 N–H and O–H groups in total. The Labute approximate surface area is 244 Å². The fourth-order valence-electron chi connectivity index (χ4n) is 5.12. The Kier molecular flexibility index (Phi) is 8.87. The first-order chi connectivity index (χ1) is 20.5. The standard InChI is InChI=1S/C32H22F12/c1-6-15-21(33)27(39)18(28(40)22(15)34)12-7-13(19-29(41)23(35)16(10(2)3)24(36)30(19)42)9-14(8-12)20-31(43)25(37)17(11(4)5)26(38)32(20)44/h7-11H,6H2,1-5H3. The molecule has 0 fully saturated rings. The second-order valence-electron chi connectivity index (χ2n) is 10.7. The molecule has 0 heterocycles. The first-order valence-corrected chi connectivity index (χ1v) is 13.2. The topological polar surface area (TPSA) is 0 Å². The number of benzene rings is 4. The largest absolute Gasteiger partial charge is 0.203 e. The van der Waals surface area contributed by atoms with Crippen LogP contribution in [0.2, 0.25) is 0 Å². The summed E-state index contributed by atoms with van der Waals surface area (Å²) in [5, 5.41) is 0. The number of hydrogen-bond acceptors (Lipinski definition) is 0. The molecule has 4 aromatic rings. The van der Waals surface area contributed by atoms with E-state index in [0.717, 1.165) is 0 Å². The van der Waals surface area contributed by atoms with Crippen molar-refractivity contribution in [1.82, 2.24) is 0 Å². The molecule has 12 heteroatoms. The van der Waals surface area contributed by atoms with Gasteiger partial charge >= 0.3 is 0 Å².